The molecule has 1 aromatic carbocycles. The molecule has 1 unspecified atom stereocenters. The Balaban J connectivity index is 1.62. The summed E-state index contributed by atoms with van der Waals surface area (Å²) in [5.41, 5.74) is 0.545. The molecule has 1 fully saturated rings. The Morgan fingerprint density at radius 1 is 1.26 bits per heavy atom. The van der Waals surface area contributed by atoms with E-state index in [1.54, 1.807) is 12.1 Å². The van der Waals surface area contributed by atoms with Crippen molar-refractivity contribution in [2.45, 2.75) is 20.0 Å². The Kier molecular flexibility index (Phi) is 6.36. The second kappa shape index (κ2) is 8.92. The predicted molar refractivity (Wildman–Crippen MR) is 103 cm³/mol. The van der Waals surface area contributed by atoms with Crippen molar-refractivity contribution in [1.29, 1.82) is 0 Å². The first kappa shape index (κ1) is 19.3. The number of carbonyl (C=O) groups is 1. The molecule has 144 valence electrons. The van der Waals surface area contributed by atoms with Gasteiger partial charge in [-0.2, -0.15) is 9.78 Å². The molecule has 2 aromatic rings. The summed E-state index contributed by atoms with van der Waals surface area (Å²) in [6.45, 7) is 8.22. The molecular formula is C20H26N4O3. The number of nitrogens with one attached hydrogen (secondary N) is 1. The standard InChI is InChI=1S/C20H26N4O3/c1-15(2)13-23-10-11-27-17(14-23)12-21-20(26)18-8-9-19(25)24(22-18)16-6-4-3-5-7-16/h3-9,15,17H,10-14H2,1-2H3,(H,21,26). The smallest absolute Gasteiger partial charge is 0.271 e. The quantitative estimate of drug-likeness (QED) is 0.830. The van der Waals surface area contributed by atoms with Crippen molar-refractivity contribution in [2.75, 3.05) is 32.8 Å². The summed E-state index contributed by atoms with van der Waals surface area (Å²) in [5.74, 6) is 0.283. The number of ether oxygens (including phenoxy) is 1. The summed E-state index contributed by atoms with van der Waals surface area (Å²) in [7, 11) is 0. The number of hydrogen-bond donors (Lipinski definition) is 1. The lowest BCUT2D eigenvalue weighted by molar-refractivity contribution is -0.0296. The SMILES string of the molecule is CC(C)CN1CCOC(CNC(=O)c2ccc(=O)n(-c3ccccc3)n2)C1. The van der Waals surface area contributed by atoms with Crippen LogP contribution in [0.15, 0.2) is 47.3 Å². The Morgan fingerprint density at radius 2 is 2.04 bits per heavy atom. The van der Waals surface area contributed by atoms with Gasteiger partial charge in [0.25, 0.3) is 11.5 Å². The molecule has 1 N–H and O–H groups in total. The van der Waals surface area contributed by atoms with E-state index in [1.165, 1.54) is 16.8 Å². The minimum Gasteiger partial charge on any atom is -0.374 e. The van der Waals surface area contributed by atoms with E-state index in [-0.39, 0.29) is 23.3 Å². The highest BCUT2D eigenvalue weighted by Gasteiger charge is 2.22. The molecule has 1 amide bonds. The molecule has 7 nitrogen and oxygen atoms in total. The molecule has 2 heterocycles. The number of carbonyl (C=O) groups excluding carboxylic acids is 1. The molecule has 0 bridgehead atoms. The van der Waals surface area contributed by atoms with Crippen molar-refractivity contribution in [3.63, 3.8) is 0 Å². The van der Waals surface area contributed by atoms with Gasteiger partial charge in [0.15, 0.2) is 0 Å². The van der Waals surface area contributed by atoms with Crippen LogP contribution in [0.4, 0.5) is 0 Å². The highest BCUT2D eigenvalue weighted by molar-refractivity contribution is 5.92. The lowest BCUT2D eigenvalue weighted by Crippen LogP contribution is -2.48. The van der Waals surface area contributed by atoms with Gasteiger partial charge in [0.2, 0.25) is 0 Å². The zero-order chi connectivity index (χ0) is 19.2. The second-order valence-corrected chi connectivity index (χ2v) is 7.16. The highest BCUT2D eigenvalue weighted by atomic mass is 16.5. The Hall–Kier alpha value is -2.51. The van der Waals surface area contributed by atoms with Crippen LogP contribution in [0.1, 0.15) is 24.3 Å². The first-order valence-electron chi connectivity index (χ1n) is 9.31. The van der Waals surface area contributed by atoms with Crippen LogP contribution in [-0.2, 0) is 4.74 Å². The van der Waals surface area contributed by atoms with E-state index in [1.807, 2.05) is 18.2 Å². The van der Waals surface area contributed by atoms with Gasteiger partial charge < -0.3 is 10.1 Å². The van der Waals surface area contributed by atoms with Gasteiger partial charge in [-0.05, 0) is 24.1 Å². The van der Waals surface area contributed by atoms with Crippen LogP contribution >= 0.6 is 0 Å². The molecular weight excluding hydrogens is 344 g/mol. The highest BCUT2D eigenvalue weighted by Crippen LogP contribution is 2.08. The van der Waals surface area contributed by atoms with E-state index in [2.05, 4.69) is 29.2 Å². The Labute approximate surface area is 158 Å². The third-order valence-electron chi connectivity index (χ3n) is 4.37. The number of para-hydroxylation sites is 1. The van der Waals surface area contributed by atoms with Crippen LogP contribution < -0.4 is 10.9 Å². The van der Waals surface area contributed by atoms with Crippen LogP contribution in [0.3, 0.4) is 0 Å². The lowest BCUT2D eigenvalue weighted by Gasteiger charge is -2.33. The van der Waals surface area contributed by atoms with E-state index in [0.29, 0.717) is 24.8 Å². The lowest BCUT2D eigenvalue weighted by atomic mass is 10.2. The van der Waals surface area contributed by atoms with Gasteiger partial charge in [0.1, 0.15) is 5.69 Å². The number of hydrogen-bond acceptors (Lipinski definition) is 5. The van der Waals surface area contributed by atoms with Gasteiger partial charge in [-0.15, -0.1) is 0 Å². The molecule has 1 atom stereocenters. The van der Waals surface area contributed by atoms with E-state index in [9.17, 15) is 9.59 Å². The molecule has 7 heteroatoms. The maximum atomic E-state index is 12.5. The van der Waals surface area contributed by atoms with Crippen LogP contribution in [0.25, 0.3) is 5.69 Å². The molecule has 0 radical (unpaired) electrons. The Bertz CT molecular complexity index is 819. The van der Waals surface area contributed by atoms with Crippen molar-refractivity contribution in [2.24, 2.45) is 5.92 Å². The third-order valence-corrected chi connectivity index (χ3v) is 4.37. The molecule has 1 aromatic heterocycles. The number of nitrogens with zero attached hydrogens (tertiary/aromatic N) is 3. The zero-order valence-electron chi connectivity index (χ0n) is 15.8. The van der Waals surface area contributed by atoms with E-state index < -0.39 is 0 Å². The van der Waals surface area contributed by atoms with E-state index in [0.717, 1.165) is 19.6 Å². The molecule has 0 spiro atoms. The van der Waals surface area contributed by atoms with Crippen LogP contribution in [0.5, 0.6) is 0 Å². The maximum Gasteiger partial charge on any atom is 0.271 e. The summed E-state index contributed by atoms with van der Waals surface area (Å²) in [4.78, 5) is 26.9. The molecule has 27 heavy (non-hydrogen) atoms. The number of morpholine rings is 1. The van der Waals surface area contributed by atoms with Crippen molar-refractivity contribution >= 4 is 5.91 Å². The number of rotatable bonds is 6. The third kappa shape index (κ3) is 5.24. The van der Waals surface area contributed by atoms with Gasteiger partial charge in [-0.25, -0.2) is 0 Å². The largest absolute Gasteiger partial charge is 0.374 e. The number of aromatic nitrogens is 2. The van der Waals surface area contributed by atoms with Crippen LogP contribution in [0, 0.1) is 5.92 Å². The minimum absolute atomic E-state index is 0.0403. The molecule has 3 rings (SSSR count). The first-order valence-corrected chi connectivity index (χ1v) is 9.31. The topological polar surface area (TPSA) is 76.5 Å². The Morgan fingerprint density at radius 3 is 2.78 bits per heavy atom. The monoisotopic (exact) mass is 370 g/mol. The normalized spacial score (nSPS) is 17.8. The fraction of sp³-hybridized carbons (Fsp3) is 0.450. The van der Waals surface area contributed by atoms with Gasteiger partial charge in [0.05, 0.1) is 18.4 Å². The fourth-order valence-electron chi connectivity index (χ4n) is 3.17. The second-order valence-electron chi connectivity index (χ2n) is 7.16. The van der Waals surface area contributed by atoms with Gasteiger partial charge in [-0.1, -0.05) is 32.0 Å². The maximum absolute atomic E-state index is 12.5. The zero-order valence-corrected chi connectivity index (χ0v) is 15.8. The summed E-state index contributed by atoms with van der Waals surface area (Å²) in [6, 6.07) is 11.8. The molecule has 0 saturated carbocycles. The average molecular weight is 370 g/mol. The number of benzene rings is 1. The molecule has 1 aliphatic rings. The van der Waals surface area contributed by atoms with Crippen molar-refractivity contribution in [3.05, 3.63) is 58.5 Å². The van der Waals surface area contributed by atoms with Gasteiger partial charge >= 0.3 is 0 Å². The van der Waals surface area contributed by atoms with E-state index >= 15 is 0 Å². The summed E-state index contributed by atoms with van der Waals surface area (Å²) in [6.07, 6.45) is -0.0403. The van der Waals surface area contributed by atoms with Gasteiger partial charge in [0, 0.05) is 32.2 Å². The summed E-state index contributed by atoms with van der Waals surface area (Å²) in [5, 5.41) is 7.07. The average Bonchev–Trinajstić information content (AvgIpc) is 2.67. The number of amides is 1. The van der Waals surface area contributed by atoms with Crippen LogP contribution in [0.2, 0.25) is 0 Å². The molecule has 1 saturated heterocycles. The fourth-order valence-corrected chi connectivity index (χ4v) is 3.17. The minimum atomic E-state index is -0.315. The van der Waals surface area contributed by atoms with Gasteiger partial charge in [-0.3, -0.25) is 14.5 Å². The molecule has 0 aliphatic carbocycles. The van der Waals surface area contributed by atoms with E-state index in [4.69, 9.17) is 4.74 Å². The molecule has 1 aliphatic heterocycles. The van der Waals surface area contributed by atoms with Crippen molar-refractivity contribution in [3.8, 4) is 5.69 Å². The summed E-state index contributed by atoms with van der Waals surface area (Å²) < 4.78 is 6.99. The predicted octanol–water partition coefficient (Wildman–Crippen LogP) is 1.32. The van der Waals surface area contributed by atoms with Crippen LogP contribution in [-0.4, -0.2) is 59.5 Å². The van der Waals surface area contributed by atoms with Crippen molar-refractivity contribution in [1.82, 2.24) is 20.0 Å². The summed E-state index contributed by atoms with van der Waals surface area (Å²) >= 11 is 0. The van der Waals surface area contributed by atoms with Crippen molar-refractivity contribution < 1.29 is 9.53 Å². The first-order chi connectivity index (χ1) is 13.0.